The van der Waals surface area contributed by atoms with E-state index in [-0.39, 0.29) is 19.7 Å². The van der Waals surface area contributed by atoms with Gasteiger partial charge >= 0.3 is 11.8 Å². The Morgan fingerprint density at radius 3 is 2.35 bits per heavy atom. The molecule has 2 aromatic rings. The van der Waals surface area contributed by atoms with Gasteiger partial charge in [-0.3, -0.25) is 9.59 Å². The molecule has 0 heterocycles. The molecular formula is C18H20N2O3. The molecule has 0 bridgehead atoms. The van der Waals surface area contributed by atoms with Crippen LogP contribution >= 0.6 is 0 Å². The minimum atomic E-state index is -0.705. The topological polar surface area (TPSA) is 69.6 Å². The summed E-state index contributed by atoms with van der Waals surface area (Å²) in [4.78, 5) is 25.9. The molecule has 0 saturated carbocycles. The Labute approximate surface area is 135 Å². The van der Waals surface area contributed by atoms with Crippen molar-refractivity contribution in [1.82, 2.24) is 4.90 Å². The molecule has 2 amide bonds. The van der Waals surface area contributed by atoms with E-state index in [4.69, 9.17) is 5.11 Å². The molecule has 23 heavy (non-hydrogen) atoms. The zero-order valence-electron chi connectivity index (χ0n) is 13.0. The van der Waals surface area contributed by atoms with E-state index < -0.39 is 11.8 Å². The van der Waals surface area contributed by atoms with Crippen LogP contribution in [0.2, 0.25) is 0 Å². The van der Waals surface area contributed by atoms with Crippen molar-refractivity contribution in [3.8, 4) is 0 Å². The zero-order valence-corrected chi connectivity index (χ0v) is 13.0. The first-order chi connectivity index (χ1) is 11.1. The van der Waals surface area contributed by atoms with Gasteiger partial charge in [0, 0.05) is 18.8 Å². The summed E-state index contributed by atoms with van der Waals surface area (Å²) in [5.74, 6) is -1.37. The maximum absolute atomic E-state index is 12.4. The zero-order chi connectivity index (χ0) is 16.7. The SMILES string of the molecule is Cc1ccccc1NC(=O)C(=O)N(CCO)Cc1ccccc1. The summed E-state index contributed by atoms with van der Waals surface area (Å²) in [6, 6.07) is 16.6. The largest absolute Gasteiger partial charge is 0.395 e. The van der Waals surface area contributed by atoms with Crippen molar-refractivity contribution in [3.05, 3.63) is 65.7 Å². The number of anilines is 1. The highest BCUT2D eigenvalue weighted by atomic mass is 16.3. The molecular weight excluding hydrogens is 292 g/mol. The molecule has 0 unspecified atom stereocenters. The number of hydrogen-bond donors (Lipinski definition) is 2. The summed E-state index contributed by atoms with van der Waals surface area (Å²) in [5, 5.41) is 11.8. The van der Waals surface area contributed by atoms with Gasteiger partial charge in [-0.05, 0) is 24.1 Å². The molecule has 0 atom stereocenters. The Morgan fingerprint density at radius 1 is 1.04 bits per heavy atom. The fraction of sp³-hybridized carbons (Fsp3) is 0.222. The lowest BCUT2D eigenvalue weighted by molar-refractivity contribution is -0.143. The summed E-state index contributed by atoms with van der Waals surface area (Å²) in [7, 11) is 0. The first kappa shape index (κ1) is 16.7. The highest BCUT2D eigenvalue weighted by Gasteiger charge is 2.22. The average molecular weight is 312 g/mol. The predicted molar refractivity (Wildman–Crippen MR) is 88.8 cm³/mol. The highest BCUT2D eigenvalue weighted by Crippen LogP contribution is 2.13. The smallest absolute Gasteiger partial charge is 0.313 e. The Morgan fingerprint density at radius 2 is 1.70 bits per heavy atom. The second kappa shape index (κ2) is 8.10. The molecule has 0 aliphatic carbocycles. The van der Waals surface area contributed by atoms with Gasteiger partial charge in [0.05, 0.1) is 6.61 Å². The standard InChI is InChI=1S/C18H20N2O3/c1-14-7-5-6-10-16(14)19-17(22)18(23)20(11-12-21)13-15-8-3-2-4-9-15/h2-10,21H,11-13H2,1H3,(H,19,22). The van der Waals surface area contributed by atoms with E-state index in [2.05, 4.69) is 5.32 Å². The maximum Gasteiger partial charge on any atom is 0.313 e. The summed E-state index contributed by atoms with van der Waals surface area (Å²) in [6.07, 6.45) is 0. The molecule has 2 rings (SSSR count). The second-order valence-electron chi connectivity index (χ2n) is 5.20. The van der Waals surface area contributed by atoms with Crippen molar-refractivity contribution >= 4 is 17.5 Å². The van der Waals surface area contributed by atoms with Gasteiger partial charge in [-0.15, -0.1) is 0 Å². The molecule has 0 aliphatic heterocycles. The van der Waals surface area contributed by atoms with Gasteiger partial charge in [-0.25, -0.2) is 0 Å². The number of hydrogen-bond acceptors (Lipinski definition) is 3. The number of benzene rings is 2. The van der Waals surface area contributed by atoms with Crippen molar-refractivity contribution in [3.63, 3.8) is 0 Å². The fourth-order valence-corrected chi connectivity index (χ4v) is 2.21. The molecule has 5 heteroatoms. The number of amides is 2. The Hall–Kier alpha value is -2.66. The number of aliphatic hydroxyl groups is 1. The van der Waals surface area contributed by atoms with Crippen molar-refractivity contribution in [2.75, 3.05) is 18.5 Å². The predicted octanol–water partition coefficient (Wildman–Crippen LogP) is 1.95. The van der Waals surface area contributed by atoms with Crippen LogP contribution < -0.4 is 5.32 Å². The first-order valence-electron chi connectivity index (χ1n) is 7.42. The second-order valence-corrected chi connectivity index (χ2v) is 5.20. The van der Waals surface area contributed by atoms with Crippen LogP contribution in [-0.4, -0.2) is 35.0 Å². The van der Waals surface area contributed by atoms with Crippen LogP contribution in [0.3, 0.4) is 0 Å². The van der Waals surface area contributed by atoms with Gasteiger partial charge in [0.1, 0.15) is 0 Å². The number of carbonyl (C=O) groups excluding carboxylic acids is 2. The van der Waals surface area contributed by atoms with Crippen molar-refractivity contribution in [2.24, 2.45) is 0 Å². The molecule has 2 aromatic carbocycles. The van der Waals surface area contributed by atoms with Gasteiger partial charge in [0.25, 0.3) is 0 Å². The van der Waals surface area contributed by atoms with E-state index >= 15 is 0 Å². The molecule has 120 valence electrons. The molecule has 0 saturated heterocycles. The Balaban J connectivity index is 2.08. The third-order valence-electron chi connectivity index (χ3n) is 3.46. The molecule has 0 fully saturated rings. The Kier molecular flexibility index (Phi) is 5.88. The van der Waals surface area contributed by atoms with Gasteiger partial charge in [0.15, 0.2) is 0 Å². The van der Waals surface area contributed by atoms with Crippen LogP contribution in [0.4, 0.5) is 5.69 Å². The van der Waals surface area contributed by atoms with Gasteiger partial charge in [0.2, 0.25) is 0 Å². The quantitative estimate of drug-likeness (QED) is 0.829. The number of nitrogens with zero attached hydrogens (tertiary/aromatic N) is 1. The van der Waals surface area contributed by atoms with E-state index in [1.54, 1.807) is 12.1 Å². The summed E-state index contributed by atoms with van der Waals surface area (Å²) in [5.41, 5.74) is 2.39. The number of nitrogens with one attached hydrogen (secondary N) is 1. The van der Waals surface area contributed by atoms with E-state index in [0.29, 0.717) is 5.69 Å². The van der Waals surface area contributed by atoms with Crippen LogP contribution in [0.15, 0.2) is 54.6 Å². The number of aliphatic hydroxyl groups excluding tert-OH is 1. The summed E-state index contributed by atoms with van der Waals surface area (Å²) in [6.45, 7) is 2.04. The molecule has 0 aliphatic rings. The Bertz CT molecular complexity index is 671. The van der Waals surface area contributed by atoms with E-state index in [1.165, 1.54) is 4.90 Å². The molecule has 0 radical (unpaired) electrons. The first-order valence-corrected chi connectivity index (χ1v) is 7.42. The lowest BCUT2D eigenvalue weighted by atomic mass is 10.2. The van der Waals surface area contributed by atoms with Gasteiger partial charge in [-0.1, -0.05) is 48.5 Å². The van der Waals surface area contributed by atoms with Crippen molar-refractivity contribution in [2.45, 2.75) is 13.5 Å². The highest BCUT2D eigenvalue weighted by molar-refractivity contribution is 6.39. The van der Waals surface area contributed by atoms with Crippen LogP contribution in [0.5, 0.6) is 0 Å². The van der Waals surface area contributed by atoms with Gasteiger partial charge in [-0.2, -0.15) is 0 Å². The third kappa shape index (κ3) is 4.66. The summed E-state index contributed by atoms with van der Waals surface area (Å²) < 4.78 is 0. The maximum atomic E-state index is 12.4. The fourth-order valence-electron chi connectivity index (χ4n) is 2.21. The van der Waals surface area contributed by atoms with Gasteiger partial charge < -0.3 is 15.3 Å². The third-order valence-corrected chi connectivity index (χ3v) is 3.46. The van der Waals surface area contributed by atoms with Crippen LogP contribution in [0.25, 0.3) is 0 Å². The molecule has 5 nitrogen and oxygen atoms in total. The van der Waals surface area contributed by atoms with E-state index in [0.717, 1.165) is 11.1 Å². The van der Waals surface area contributed by atoms with Crippen molar-refractivity contribution in [1.29, 1.82) is 0 Å². The number of carbonyl (C=O) groups is 2. The molecule has 0 aromatic heterocycles. The normalized spacial score (nSPS) is 10.2. The van der Waals surface area contributed by atoms with Crippen LogP contribution in [-0.2, 0) is 16.1 Å². The lowest BCUT2D eigenvalue weighted by Gasteiger charge is -2.21. The number of rotatable bonds is 5. The van der Waals surface area contributed by atoms with E-state index in [9.17, 15) is 9.59 Å². The summed E-state index contributed by atoms with van der Waals surface area (Å²) >= 11 is 0. The van der Waals surface area contributed by atoms with E-state index in [1.807, 2.05) is 49.4 Å². The minimum Gasteiger partial charge on any atom is -0.395 e. The monoisotopic (exact) mass is 312 g/mol. The molecule has 2 N–H and O–H groups in total. The van der Waals surface area contributed by atoms with Crippen LogP contribution in [0, 0.1) is 6.92 Å². The lowest BCUT2D eigenvalue weighted by Crippen LogP contribution is -2.40. The minimum absolute atomic E-state index is 0.106. The number of para-hydroxylation sites is 1. The van der Waals surface area contributed by atoms with Crippen molar-refractivity contribution < 1.29 is 14.7 Å². The average Bonchev–Trinajstić information content (AvgIpc) is 2.57. The van der Waals surface area contributed by atoms with Crippen LogP contribution in [0.1, 0.15) is 11.1 Å². The number of aryl methyl sites for hydroxylation is 1. The molecule has 0 spiro atoms.